The number of aliphatic imine (C=N–C) groups is 4. The summed E-state index contributed by atoms with van der Waals surface area (Å²) in [6.07, 6.45) is 4.18. The Morgan fingerprint density at radius 1 is 0.371 bits per heavy atom. The van der Waals surface area contributed by atoms with E-state index in [1.807, 2.05) is 158 Å². The van der Waals surface area contributed by atoms with Crippen LogP contribution in [0.15, 0.2) is 327 Å². The van der Waals surface area contributed by atoms with Crippen molar-refractivity contribution in [1.29, 1.82) is 0 Å². The third-order valence-electron chi connectivity index (χ3n) is 22.9. The van der Waals surface area contributed by atoms with Crippen molar-refractivity contribution < 1.29 is 64.3 Å². The average Bonchev–Trinajstić information content (AvgIpc) is 1.30. The number of benzene rings is 13. The van der Waals surface area contributed by atoms with Gasteiger partial charge in [-0.2, -0.15) is 5.06 Å². The Kier molecular flexibility index (Phi) is 25.8. The van der Waals surface area contributed by atoms with Gasteiger partial charge in [0.1, 0.15) is 24.2 Å². The molecule has 30 heteroatoms. The summed E-state index contributed by atoms with van der Waals surface area (Å²) in [5.74, 6) is -4.46. The number of nitrogens with zero attached hydrogens (tertiary/aromatic N) is 7. The maximum Gasteiger partial charge on any atom is 0.286 e. The molecule has 0 spiro atoms. The number of anilines is 4. The van der Waals surface area contributed by atoms with E-state index in [4.69, 9.17) is 71.6 Å². The largest absolute Gasteiger partial charge is 0.492 e. The molecule has 20 rings (SSSR count). The van der Waals surface area contributed by atoms with Gasteiger partial charge in [0.05, 0.1) is 58.6 Å². The molecule has 0 bridgehead atoms. The van der Waals surface area contributed by atoms with Crippen molar-refractivity contribution in [3.8, 4) is 5.88 Å². The zero-order valence-corrected chi connectivity index (χ0v) is 72.5. The molecule has 0 aliphatic carbocycles. The van der Waals surface area contributed by atoms with Gasteiger partial charge in [0, 0.05) is 109 Å². The predicted octanol–water partition coefficient (Wildman–Crippen LogP) is 17.3. The number of amides is 8. The van der Waals surface area contributed by atoms with Gasteiger partial charge in [0.2, 0.25) is 29.5 Å². The molecule has 14 aromatic rings. The predicted molar refractivity (Wildman–Crippen MR) is 508 cm³/mol. The van der Waals surface area contributed by atoms with Crippen molar-refractivity contribution in [1.82, 2.24) is 20.3 Å². The SMILES string of the molecule is O=C(NO)c1cccc(C2=NC(Cc3ccc4ccccc4c3)C(=O)Nc3ccc(Cl)cc32)c1.O=C1Nc2ccc(Cl)cc2C(C2=CC(=O)N(O)C(=O)C2)=NC1Cc1ccc2ccccc2c1.O=C1Nc2ccc(Cl)cc2C(C2=CC(=O)N(O)CC2)=NC1Cc1ccc2ccccc2c1.O=C1Nc2ccc(Cl)cc2C(c2cc(O)n(O)c(=O)c2)=NC1Cc1ccc2ccccc2c1. The van der Waals surface area contributed by atoms with E-state index < -0.39 is 59.2 Å². The molecular formula is C102H76Cl4N12O14. The smallest absolute Gasteiger partial charge is 0.286 e. The molecule has 13 aromatic carbocycles. The highest BCUT2D eigenvalue weighted by Gasteiger charge is 2.36. The fourth-order valence-electron chi connectivity index (χ4n) is 16.3. The van der Waals surface area contributed by atoms with Crippen LogP contribution in [0.3, 0.4) is 0 Å². The second-order valence-electron chi connectivity index (χ2n) is 31.8. The topological polar surface area (TPSA) is 376 Å². The minimum absolute atomic E-state index is 0.0790. The molecule has 0 saturated carbocycles. The summed E-state index contributed by atoms with van der Waals surface area (Å²) in [4.78, 5) is 132. The van der Waals surface area contributed by atoms with E-state index in [2.05, 4.69) is 33.4 Å². The summed E-state index contributed by atoms with van der Waals surface area (Å²) in [5, 5.41) is 71.0. The highest BCUT2D eigenvalue weighted by atomic mass is 35.5. The lowest BCUT2D eigenvalue weighted by Crippen LogP contribution is -2.37. The molecule has 4 atom stereocenters. The second-order valence-corrected chi connectivity index (χ2v) is 33.5. The van der Waals surface area contributed by atoms with Gasteiger partial charge in [-0.05, 0) is 168 Å². The molecule has 6 aliphatic heterocycles. The van der Waals surface area contributed by atoms with Gasteiger partial charge in [-0.25, -0.2) is 10.5 Å². The van der Waals surface area contributed by atoms with E-state index in [1.165, 1.54) is 12.1 Å². The molecule has 0 saturated heterocycles. The first kappa shape index (κ1) is 88.6. The van der Waals surface area contributed by atoms with Gasteiger partial charge in [-0.3, -0.25) is 78.7 Å². The quantitative estimate of drug-likeness (QED) is 0.0222. The highest BCUT2D eigenvalue weighted by molar-refractivity contribution is 6.34. The number of pyridine rings is 1. The van der Waals surface area contributed by atoms with Crippen molar-refractivity contribution >= 4 is 182 Å². The van der Waals surface area contributed by atoms with Gasteiger partial charge in [0.15, 0.2) is 0 Å². The number of nitrogens with one attached hydrogen (secondary N) is 5. The number of imide groups is 1. The Balaban J connectivity index is 0.000000123. The number of fused-ring (bicyclic) bond motifs is 8. The second kappa shape index (κ2) is 38.5. The van der Waals surface area contributed by atoms with Crippen molar-refractivity contribution in [3.63, 3.8) is 0 Å². The first-order chi connectivity index (χ1) is 63.8. The number of aromatic hydroxyl groups is 1. The van der Waals surface area contributed by atoms with Gasteiger partial charge < -0.3 is 31.6 Å². The molecule has 8 amide bonds. The zero-order valence-electron chi connectivity index (χ0n) is 69.5. The normalized spacial score (nSPS) is 16.9. The van der Waals surface area contributed by atoms with Crippen molar-refractivity contribution in [3.05, 3.63) is 394 Å². The third-order valence-corrected chi connectivity index (χ3v) is 23.8. The van der Waals surface area contributed by atoms with Gasteiger partial charge in [0.25, 0.3) is 29.2 Å². The van der Waals surface area contributed by atoms with Gasteiger partial charge in [-0.1, -0.05) is 228 Å². The number of halogens is 4. The molecule has 4 unspecified atom stereocenters. The van der Waals surface area contributed by atoms with Gasteiger partial charge >= 0.3 is 0 Å². The minimum atomic E-state index is -0.859. The molecule has 10 N–H and O–H groups in total. The molecule has 6 aliphatic rings. The first-order valence-corrected chi connectivity index (χ1v) is 43.1. The monoisotopic (exact) mass is 1830 g/mol. The lowest BCUT2D eigenvalue weighted by atomic mass is 9.95. The van der Waals surface area contributed by atoms with Crippen LogP contribution in [0.2, 0.25) is 20.1 Å². The number of carbonyl (C=O) groups excluding carboxylic acids is 8. The molecular weight excluding hydrogens is 1760 g/mol. The first-order valence-electron chi connectivity index (χ1n) is 41.6. The Labute approximate surface area is 772 Å². The van der Waals surface area contributed by atoms with E-state index in [0.717, 1.165) is 77.5 Å². The molecule has 0 fully saturated rings. The number of hydrogen-bond donors (Lipinski definition) is 10. The highest BCUT2D eigenvalue weighted by Crippen LogP contribution is 2.37. The third kappa shape index (κ3) is 19.8. The Morgan fingerprint density at radius 2 is 0.720 bits per heavy atom. The van der Waals surface area contributed by atoms with Crippen LogP contribution in [0.25, 0.3) is 43.1 Å². The molecule has 26 nitrogen and oxygen atoms in total. The number of benzodiazepines with no additional fused rings is 4. The van der Waals surface area contributed by atoms with E-state index in [9.17, 15) is 63.9 Å². The summed E-state index contributed by atoms with van der Waals surface area (Å²) < 4.78 is 0.135. The van der Waals surface area contributed by atoms with Crippen LogP contribution >= 0.6 is 46.4 Å². The number of carbonyl (C=O) groups is 8. The van der Waals surface area contributed by atoms with E-state index in [1.54, 1.807) is 103 Å². The molecule has 132 heavy (non-hydrogen) atoms. The van der Waals surface area contributed by atoms with Gasteiger partial charge in [-0.15, -0.1) is 4.73 Å². The number of hydrogen-bond acceptors (Lipinski definition) is 18. The van der Waals surface area contributed by atoms with Crippen LogP contribution in [0.1, 0.15) is 78.8 Å². The van der Waals surface area contributed by atoms with Crippen LogP contribution in [-0.4, -0.2) is 142 Å². The summed E-state index contributed by atoms with van der Waals surface area (Å²) in [6.45, 7) is 0.163. The van der Waals surface area contributed by atoms with Crippen molar-refractivity contribution in [2.24, 2.45) is 20.0 Å². The maximum absolute atomic E-state index is 13.2. The Hall–Kier alpha value is -15.4. The maximum atomic E-state index is 13.2. The lowest BCUT2D eigenvalue weighted by molar-refractivity contribution is -0.176. The van der Waals surface area contributed by atoms with Crippen molar-refractivity contribution in [2.75, 3.05) is 27.8 Å². The number of hydroxylamine groups is 5. The van der Waals surface area contributed by atoms with Crippen LogP contribution in [0.5, 0.6) is 5.88 Å². The Bertz CT molecular complexity index is 7420. The standard InChI is InChI=1S/C27H20ClN3O3.2C25H18ClN3O4.C25H20ClN3O3/c28-21-10-11-23-22(15-21)25(19-6-3-7-20(14-19)26(32)31-34)29-24(27(33)30-23)13-16-8-9-17-4-1-2-5-18(17)12-16;2*26-18-7-8-20-19(13-18)24(17-11-22(30)29(33)23(31)12-17)27-21(25(32)28-20)10-14-5-6-15-3-1-2-4-16(15)9-14;26-19-7-8-21-20(14-19)24(18-9-10-29(32)23(30)13-18)27-22(25(31)28-21)12-15-5-6-16-3-1-2-4-17(16)11-15/h1-12,14-15,24,34H,13H2,(H,30,33)(H,31,32);1-9,11,13,21,33H,10,12H2,(H,28,32);1-9,11-13,21,30,33H,10H2,(H,28,32);1-8,11,13-14,22,32H,9-10,12H2,(H,28,31). The zero-order chi connectivity index (χ0) is 92.1. The molecule has 7 heterocycles. The fourth-order valence-corrected chi connectivity index (χ4v) is 17.0. The molecule has 0 radical (unpaired) electrons. The average molecular weight is 1840 g/mol. The van der Waals surface area contributed by atoms with Crippen LogP contribution < -0.4 is 32.3 Å². The summed E-state index contributed by atoms with van der Waals surface area (Å²) in [5.41, 5.74) is 13.0. The summed E-state index contributed by atoms with van der Waals surface area (Å²) in [7, 11) is 0. The van der Waals surface area contributed by atoms with Crippen LogP contribution in [0, 0.1) is 0 Å². The Morgan fingerprint density at radius 3 is 1.08 bits per heavy atom. The van der Waals surface area contributed by atoms with E-state index in [-0.39, 0.29) is 57.5 Å². The summed E-state index contributed by atoms with van der Waals surface area (Å²) in [6, 6.07) is 82.5. The van der Waals surface area contributed by atoms with Crippen LogP contribution in [-0.2, 0) is 59.2 Å². The molecule has 656 valence electrons. The molecule has 1 aromatic heterocycles. The van der Waals surface area contributed by atoms with E-state index in [0.29, 0.717) is 142 Å². The number of rotatable bonds is 13. The van der Waals surface area contributed by atoms with E-state index >= 15 is 0 Å². The van der Waals surface area contributed by atoms with Crippen LogP contribution in [0.4, 0.5) is 22.7 Å². The van der Waals surface area contributed by atoms with Crippen molar-refractivity contribution in [2.45, 2.75) is 62.7 Å². The summed E-state index contributed by atoms with van der Waals surface area (Å²) >= 11 is 24.9. The lowest BCUT2D eigenvalue weighted by Gasteiger charge is -2.22. The minimum Gasteiger partial charge on any atom is -0.492 e. The fraction of sp³-hybridized carbons (Fsp3) is 0.108. The number of aromatic nitrogens is 1.